The van der Waals surface area contributed by atoms with Crippen molar-refractivity contribution >= 4 is 0 Å². The van der Waals surface area contributed by atoms with E-state index in [1.807, 2.05) is 13.8 Å². The van der Waals surface area contributed by atoms with Crippen LogP contribution in [0, 0.1) is 16.7 Å². The van der Waals surface area contributed by atoms with Gasteiger partial charge in [0, 0.05) is 19.1 Å². The second-order valence-electron chi connectivity index (χ2n) is 6.41. The lowest BCUT2D eigenvalue weighted by atomic mass is 9.94. The summed E-state index contributed by atoms with van der Waals surface area (Å²) in [6.45, 7) is 8.10. The monoisotopic (exact) mass is 271 g/mol. The molecule has 0 saturated carbocycles. The summed E-state index contributed by atoms with van der Waals surface area (Å²) in [5, 5.41) is 12.6. The minimum atomic E-state index is -0.263. The predicted octanol–water partition coefficient (Wildman–Crippen LogP) is 2.79. The molecule has 1 aliphatic rings. The highest BCUT2D eigenvalue weighted by Gasteiger charge is 2.22. The summed E-state index contributed by atoms with van der Waals surface area (Å²) >= 11 is 0. The number of nitriles is 1. The van der Waals surface area contributed by atoms with E-state index >= 15 is 0 Å². The zero-order valence-corrected chi connectivity index (χ0v) is 12.6. The maximum atomic E-state index is 9.03. The molecule has 0 aromatic heterocycles. The van der Waals surface area contributed by atoms with Gasteiger partial charge < -0.3 is 5.32 Å². The quantitative estimate of drug-likeness (QED) is 0.895. The van der Waals surface area contributed by atoms with E-state index < -0.39 is 0 Å². The molecule has 1 fully saturated rings. The molecule has 3 heteroatoms. The van der Waals surface area contributed by atoms with Gasteiger partial charge in [-0.05, 0) is 45.3 Å². The highest BCUT2D eigenvalue weighted by atomic mass is 15.1. The zero-order chi connectivity index (χ0) is 14.4. The molecule has 0 bridgehead atoms. The van der Waals surface area contributed by atoms with Crippen LogP contribution < -0.4 is 5.32 Å². The Hall–Kier alpha value is -1.37. The maximum absolute atomic E-state index is 9.03. The van der Waals surface area contributed by atoms with Gasteiger partial charge in [-0.15, -0.1) is 0 Å². The fourth-order valence-electron chi connectivity index (χ4n) is 2.58. The van der Waals surface area contributed by atoms with Gasteiger partial charge in [0.2, 0.25) is 0 Å². The summed E-state index contributed by atoms with van der Waals surface area (Å²) in [6.07, 6.45) is 2.35. The van der Waals surface area contributed by atoms with Gasteiger partial charge in [-0.3, -0.25) is 4.90 Å². The molecule has 1 saturated heterocycles. The van der Waals surface area contributed by atoms with E-state index in [1.165, 1.54) is 18.4 Å². The highest BCUT2D eigenvalue weighted by molar-refractivity contribution is 5.14. The number of rotatable bonds is 5. The van der Waals surface area contributed by atoms with Crippen LogP contribution in [0.3, 0.4) is 0 Å². The van der Waals surface area contributed by atoms with Crippen LogP contribution in [0.4, 0.5) is 0 Å². The predicted molar refractivity (Wildman–Crippen MR) is 82.1 cm³/mol. The molecule has 0 atom stereocenters. The number of nitrogens with one attached hydrogen (secondary N) is 1. The highest BCUT2D eigenvalue weighted by Crippen LogP contribution is 2.16. The number of hydrogen-bond acceptors (Lipinski definition) is 3. The second kappa shape index (κ2) is 6.88. The Kier molecular flexibility index (Phi) is 5.17. The zero-order valence-electron chi connectivity index (χ0n) is 12.6. The molecule has 20 heavy (non-hydrogen) atoms. The topological polar surface area (TPSA) is 39.1 Å². The first-order chi connectivity index (χ1) is 9.59. The van der Waals surface area contributed by atoms with Gasteiger partial charge >= 0.3 is 0 Å². The lowest BCUT2D eigenvalue weighted by Crippen LogP contribution is -2.44. The number of nitrogens with zero attached hydrogens (tertiary/aromatic N) is 2. The molecule has 2 rings (SSSR count). The lowest BCUT2D eigenvalue weighted by Gasteiger charge is -2.33. The summed E-state index contributed by atoms with van der Waals surface area (Å²) in [6, 6.07) is 13.6. The Morgan fingerprint density at radius 2 is 1.90 bits per heavy atom. The van der Waals surface area contributed by atoms with Crippen LogP contribution in [0.1, 0.15) is 32.3 Å². The standard InChI is InChI=1S/C17H25N3/c1-17(2,13-18)14-19-16-8-10-20(11-9-16)12-15-6-4-3-5-7-15/h3-7,16,19H,8-12,14H2,1-2H3. The van der Waals surface area contributed by atoms with E-state index in [2.05, 4.69) is 46.6 Å². The van der Waals surface area contributed by atoms with Crippen molar-refractivity contribution in [3.8, 4) is 6.07 Å². The van der Waals surface area contributed by atoms with Crippen molar-refractivity contribution in [2.75, 3.05) is 19.6 Å². The van der Waals surface area contributed by atoms with Gasteiger partial charge in [0.25, 0.3) is 0 Å². The maximum Gasteiger partial charge on any atom is 0.0697 e. The van der Waals surface area contributed by atoms with E-state index in [9.17, 15) is 0 Å². The molecule has 1 heterocycles. The molecular formula is C17H25N3. The van der Waals surface area contributed by atoms with E-state index in [0.29, 0.717) is 6.04 Å². The van der Waals surface area contributed by atoms with E-state index in [-0.39, 0.29) is 5.41 Å². The number of benzene rings is 1. The summed E-state index contributed by atoms with van der Waals surface area (Å²) in [5.41, 5.74) is 1.13. The third-order valence-corrected chi connectivity index (χ3v) is 3.97. The van der Waals surface area contributed by atoms with Gasteiger partial charge in [-0.2, -0.15) is 5.26 Å². The van der Waals surface area contributed by atoms with Gasteiger partial charge in [0.05, 0.1) is 11.5 Å². The fraction of sp³-hybridized carbons (Fsp3) is 0.588. The number of hydrogen-bond donors (Lipinski definition) is 1. The number of likely N-dealkylation sites (tertiary alicyclic amines) is 1. The third-order valence-electron chi connectivity index (χ3n) is 3.97. The van der Waals surface area contributed by atoms with Crippen LogP contribution >= 0.6 is 0 Å². The normalized spacial score (nSPS) is 17.9. The van der Waals surface area contributed by atoms with Crippen molar-refractivity contribution in [1.29, 1.82) is 5.26 Å². The van der Waals surface area contributed by atoms with Gasteiger partial charge in [0.15, 0.2) is 0 Å². The average Bonchev–Trinajstić information content (AvgIpc) is 2.48. The molecule has 108 valence electrons. The van der Waals surface area contributed by atoms with Crippen molar-refractivity contribution in [1.82, 2.24) is 10.2 Å². The van der Waals surface area contributed by atoms with Crippen molar-refractivity contribution in [2.45, 2.75) is 39.3 Å². The Bertz CT molecular complexity index is 439. The SMILES string of the molecule is CC(C)(C#N)CNC1CCN(Cc2ccccc2)CC1. The Balaban J connectivity index is 1.72. The molecule has 0 aliphatic carbocycles. The van der Waals surface area contributed by atoms with Crippen LogP contribution in [-0.2, 0) is 6.54 Å². The van der Waals surface area contributed by atoms with Crippen LogP contribution in [-0.4, -0.2) is 30.6 Å². The fourth-order valence-corrected chi connectivity index (χ4v) is 2.58. The molecule has 1 aromatic rings. The lowest BCUT2D eigenvalue weighted by molar-refractivity contribution is 0.186. The summed E-state index contributed by atoms with van der Waals surface area (Å²) in [7, 11) is 0. The minimum absolute atomic E-state index is 0.263. The smallest absolute Gasteiger partial charge is 0.0697 e. The van der Waals surface area contributed by atoms with Crippen molar-refractivity contribution < 1.29 is 0 Å². The van der Waals surface area contributed by atoms with Crippen molar-refractivity contribution in [3.63, 3.8) is 0 Å². The number of piperidine rings is 1. The summed E-state index contributed by atoms with van der Waals surface area (Å²) < 4.78 is 0. The molecule has 0 spiro atoms. The van der Waals surface area contributed by atoms with Gasteiger partial charge in [-0.1, -0.05) is 30.3 Å². The molecule has 1 aliphatic heterocycles. The Morgan fingerprint density at radius 3 is 2.50 bits per heavy atom. The molecule has 1 aromatic carbocycles. The van der Waals surface area contributed by atoms with Crippen molar-refractivity contribution in [2.24, 2.45) is 5.41 Å². The minimum Gasteiger partial charge on any atom is -0.312 e. The van der Waals surface area contributed by atoms with Gasteiger partial charge in [0.1, 0.15) is 0 Å². The van der Waals surface area contributed by atoms with Crippen LogP contribution in [0.25, 0.3) is 0 Å². The largest absolute Gasteiger partial charge is 0.312 e. The first-order valence-electron chi connectivity index (χ1n) is 7.50. The van der Waals surface area contributed by atoms with E-state index in [0.717, 1.165) is 26.2 Å². The molecule has 0 radical (unpaired) electrons. The third kappa shape index (κ3) is 4.63. The van der Waals surface area contributed by atoms with Crippen LogP contribution in [0.15, 0.2) is 30.3 Å². The van der Waals surface area contributed by atoms with Crippen molar-refractivity contribution in [3.05, 3.63) is 35.9 Å². The first kappa shape index (κ1) is 15.0. The molecule has 0 amide bonds. The molecule has 0 unspecified atom stereocenters. The summed E-state index contributed by atoms with van der Waals surface area (Å²) in [4.78, 5) is 2.52. The molecule has 1 N–H and O–H groups in total. The first-order valence-corrected chi connectivity index (χ1v) is 7.50. The van der Waals surface area contributed by atoms with Crippen LogP contribution in [0.5, 0.6) is 0 Å². The van der Waals surface area contributed by atoms with E-state index in [4.69, 9.17) is 5.26 Å². The van der Waals surface area contributed by atoms with Crippen LogP contribution in [0.2, 0.25) is 0 Å². The molecule has 3 nitrogen and oxygen atoms in total. The Labute approximate surface area is 122 Å². The molecular weight excluding hydrogens is 246 g/mol. The summed E-state index contributed by atoms with van der Waals surface area (Å²) in [5.74, 6) is 0. The van der Waals surface area contributed by atoms with Gasteiger partial charge in [-0.25, -0.2) is 0 Å². The second-order valence-corrected chi connectivity index (χ2v) is 6.41. The Morgan fingerprint density at radius 1 is 1.25 bits per heavy atom. The average molecular weight is 271 g/mol. The van der Waals surface area contributed by atoms with E-state index in [1.54, 1.807) is 0 Å².